The number of furan rings is 1. The Balaban J connectivity index is 1.63. The molecule has 0 fully saturated rings. The first-order chi connectivity index (χ1) is 14.2. The third-order valence-corrected chi connectivity index (χ3v) is 5.14. The molecule has 5 nitrogen and oxygen atoms in total. The number of para-hydroxylation sites is 1. The summed E-state index contributed by atoms with van der Waals surface area (Å²) in [4.78, 5) is 17.3. The lowest BCUT2D eigenvalue weighted by Crippen LogP contribution is -2.32. The summed E-state index contributed by atoms with van der Waals surface area (Å²) in [6, 6.07) is 21.0. The van der Waals surface area contributed by atoms with Crippen LogP contribution < -0.4 is 11.1 Å². The number of carbonyl (C=O) groups is 1. The topological polar surface area (TPSA) is 81.2 Å². The first-order valence-electron chi connectivity index (χ1n) is 9.63. The number of nitrogens with one attached hydrogen (secondary N) is 1. The van der Waals surface area contributed by atoms with Crippen LogP contribution in [0, 0.1) is 0 Å². The molecule has 2 unspecified atom stereocenters. The SMILES string of the molecule is CC(C(=O)NC(c1cccnc1)c1cc2ccccc2o1)c1ccc(CN)cc1. The molecule has 2 aromatic carbocycles. The van der Waals surface area contributed by atoms with E-state index in [2.05, 4.69) is 10.3 Å². The standard InChI is InChI=1S/C24H23N3O2/c1-16(18-10-8-17(14-25)9-11-18)24(28)27-23(20-6-4-12-26-15-20)22-13-19-5-2-3-7-21(19)29-22/h2-13,15-16,23H,14,25H2,1H3,(H,27,28). The summed E-state index contributed by atoms with van der Waals surface area (Å²) in [6.45, 7) is 2.38. The fraction of sp³-hybridized carbons (Fsp3) is 0.167. The second kappa shape index (κ2) is 8.29. The van der Waals surface area contributed by atoms with E-state index in [0.29, 0.717) is 12.3 Å². The molecule has 0 aliphatic heterocycles. The monoisotopic (exact) mass is 385 g/mol. The number of hydrogen-bond acceptors (Lipinski definition) is 4. The van der Waals surface area contributed by atoms with Crippen molar-refractivity contribution in [2.45, 2.75) is 25.4 Å². The van der Waals surface area contributed by atoms with Gasteiger partial charge >= 0.3 is 0 Å². The molecule has 0 aliphatic carbocycles. The van der Waals surface area contributed by atoms with Crippen LogP contribution in [0.25, 0.3) is 11.0 Å². The Labute approximate surface area is 169 Å². The summed E-state index contributed by atoms with van der Waals surface area (Å²) >= 11 is 0. The van der Waals surface area contributed by atoms with Crippen molar-refractivity contribution in [3.05, 3.63) is 102 Å². The van der Waals surface area contributed by atoms with Crippen LogP contribution >= 0.6 is 0 Å². The predicted octanol–water partition coefficient (Wildman–Crippen LogP) is 4.30. The number of fused-ring (bicyclic) bond motifs is 1. The van der Waals surface area contributed by atoms with Gasteiger partial charge in [0.05, 0.1) is 5.92 Å². The lowest BCUT2D eigenvalue weighted by atomic mass is 9.97. The van der Waals surface area contributed by atoms with Gasteiger partial charge in [0.25, 0.3) is 0 Å². The van der Waals surface area contributed by atoms with Crippen LogP contribution in [0.15, 0.2) is 83.5 Å². The van der Waals surface area contributed by atoms with E-state index in [1.165, 1.54) is 0 Å². The Morgan fingerprint density at radius 3 is 2.55 bits per heavy atom. The van der Waals surface area contributed by atoms with E-state index in [-0.39, 0.29) is 11.8 Å². The molecule has 4 aromatic rings. The third kappa shape index (κ3) is 4.05. The van der Waals surface area contributed by atoms with Crippen molar-refractivity contribution in [2.24, 2.45) is 5.73 Å². The Kier molecular flexibility index (Phi) is 5.40. The van der Waals surface area contributed by atoms with E-state index in [0.717, 1.165) is 27.7 Å². The smallest absolute Gasteiger partial charge is 0.228 e. The largest absolute Gasteiger partial charge is 0.459 e. The fourth-order valence-corrected chi connectivity index (χ4v) is 3.37. The molecular weight excluding hydrogens is 362 g/mol. The maximum absolute atomic E-state index is 13.1. The molecule has 4 rings (SSSR count). The van der Waals surface area contributed by atoms with E-state index in [1.807, 2.05) is 73.7 Å². The molecule has 2 aromatic heterocycles. The summed E-state index contributed by atoms with van der Waals surface area (Å²) in [6.07, 6.45) is 3.46. The summed E-state index contributed by atoms with van der Waals surface area (Å²) < 4.78 is 6.04. The van der Waals surface area contributed by atoms with Crippen molar-refractivity contribution in [3.63, 3.8) is 0 Å². The van der Waals surface area contributed by atoms with Gasteiger partial charge in [0.15, 0.2) is 0 Å². The molecule has 0 spiro atoms. The molecule has 3 N–H and O–H groups in total. The lowest BCUT2D eigenvalue weighted by molar-refractivity contribution is -0.122. The first-order valence-corrected chi connectivity index (χ1v) is 9.63. The number of nitrogens with two attached hydrogens (primary N) is 1. The summed E-state index contributed by atoms with van der Waals surface area (Å²) in [5.74, 6) is 0.281. The van der Waals surface area contributed by atoms with Crippen LogP contribution in [-0.2, 0) is 11.3 Å². The van der Waals surface area contributed by atoms with Gasteiger partial charge in [-0.05, 0) is 36.2 Å². The van der Waals surface area contributed by atoms with E-state index in [1.54, 1.807) is 12.4 Å². The highest BCUT2D eigenvalue weighted by molar-refractivity contribution is 5.84. The van der Waals surface area contributed by atoms with Crippen LogP contribution in [0.2, 0.25) is 0 Å². The maximum Gasteiger partial charge on any atom is 0.228 e. The molecular formula is C24H23N3O2. The zero-order valence-electron chi connectivity index (χ0n) is 16.2. The average molecular weight is 385 g/mol. The van der Waals surface area contributed by atoms with Gasteiger partial charge in [-0.25, -0.2) is 0 Å². The first kappa shape index (κ1) is 18.9. The van der Waals surface area contributed by atoms with Gasteiger partial charge in [-0.3, -0.25) is 9.78 Å². The van der Waals surface area contributed by atoms with Crippen molar-refractivity contribution in [3.8, 4) is 0 Å². The van der Waals surface area contributed by atoms with Crippen molar-refractivity contribution in [2.75, 3.05) is 0 Å². The Hall–Kier alpha value is -3.44. The molecule has 0 saturated heterocycles. The normalized spacial score (nSPS) is 13.2. The van der Waals surface area contributed by atoms with Gasteiger partial charge in [0.1, 0.15) is 17.4 Å². The van der Waals surface area contributed by atoms with Gasteiger partial charge in [0.2, 0.25) is 5.91 Å². The van der Waals surface area contributed by atoms with E-state index < -0.39 is 6.04 Å². The van der Waals surface area contributed by atoms with Gasteiger partial charge in [-0.1, -0.05) is 48.5 Å². The highest BCUT2D eigenvalue weighted by Gasteiger charge is 2.24. The number of hydrogen-bond donors (Lipinski definition) is 2. The van der Waals surface area contributed by atoms with E-state index in [4.69, 9.17) is 10.2 Å². The second-order valence-electron chi connectivity index (χ2n) is 7.08. The minimum atomic E-state index is -0.422. The molecule has 1 amide bonds. The van der Waals surface area contributed by atoms with Crippen LogP contribution in [0.3, 0.4) is 0 Å². The molecule has 0 saturated carbocycles. The number of carbonyl (C=O) groups excluding carboxylic acids is 1. The van der Waals surface area contributed by atoms with Gasteiger partial charge in [-0.2, -0.15) is 0 Å². The van der Waals surface area contributed by atoms with E-state index >= 15 is 0 Å². The Bertz CT molecular complexity index is 1070. The molecule has 0 bridgehead atoms. The second-order valence-corrected chi connectivity index (χ2v) is 7.08. The fourth-order valence-electron chi connectivity index (χ4n) is 3.37. The average Bonchev–Trinajstić information content (AvgIpc) is 3.21. The number of aromatic nitrogens is 1. The minimum Gasteiger partial charge on any atom is -0.459 e. The van der Waals surface area contributed by atoms with Crippen LogP contribution in [0.5, 0.6) is 0 Å². The Morgan fingerprint density at radius 1 is 1.07 bits per heavy atom. The molecule has 29 heavy (non-hydrogen) atoms. The number of pyridine rings is 1. The molecule has 146 valence electrons. The number of amides is 1. The van der Waals surface area contributed by atoms with Gasteiger partial charge in [0, 0.05) is 29.9 Å². The molecule has 0 radical (unpaired) electrons. The van der Waals surface area contributed by atoms with E-state index in [9.17, 15) is 4.79 Å². The Morgan fingerprint density at radius 2 is 1.86 bits per heavy atom. The van der Waals surface area contributed by atoms with Crippen molar-refractivity contribution in [1.82, 2.24) is 10.3 Å². The summed E-state index contributed by atoms with van der Waals surface area (Å²) in [5, 5.41) is 4.14. The van der Waals surface area contributed by atoms with Crippen molar-refractivity contribution >= 4 is 16.9 Å². The van der Waals surface area contributed by atoms with Crippen molar-refractivity contribution in [1.29, 1.82) is 0 Å². The highest BCUT2D eigenvalue weighted by atomic mass is 16.3. The van der Waals surface area contributed by atoms with Crippen LogP contribution in [0.4, 0.5) is 0 Å². The lowest BCUT2D eigenvalue weighted by Gasteiger charge is -2.20. The molecule has 2 atom stereocenters. The highest BCUT2D eigenvalue weighted by Crippen LogP contribution is 2.29. The van der Waals surface area contributed by atoms with Crippen molar-refractivity contribution < 1.29 is 9.21 Å². The minimum absolute atomic E-state index is 0.0835. The zero-order valence-corrected chi connectivity index (χ0v) is 16.2. The van der Waals surface area contributed by atoms with Crippen LogP contribution in [-0.4, -0.2) is 10.9 Å². The summed E-state index contributed by atoms with van der Waals surface area (Å²) in [5.41, 5.74) is 9.30. The summed E-state index contributed by atoms with van der Waals surface area (Å²) in [7, 11) is 0. The number of rotatable bonds is 6. The zero-order chi connectivity index (χ0) is 20.2. The third-order valence-electron chi connectivity index (χ3n) is 5.14. The molecule has 0 aliphatic rings. The number of nitrogens with zero attached hydrogens (tertiary/aromatic N) is 1. The predicted molar refractivity (Wildman–Crippen MR) is 113 cm³/mol. The molecule has 5 heteroatoms. The van der Waals surface area contributed by atoms with Crippen LogP contribution in [0.1, 0.15) is 41.3 Å². The number of benzene rings is 2. The van der Waals surface area contributed by atoms with Gasteiger partial charge < -0.3 is 15.5 Å². The van der Waals surface area contributed by atoms with Gasteiger partial charge in [-0.15, -0.1) is 0 Å². The molecule has 2 heterocycles. The quantitative estimate of drug-likeness (QED) is 0.519. The maximum atomic E-state index is 13.1.